The van der Waals surface area contributed by atoms with E-state index in [1.54, 1.807) is 0 Å². The molecule has 0 aliphatic carbocycles. The fourth-order valence-corrected chi connectivity index (χ4v) is 1.50. The van der Waals surface area contributed by atoms with E-state index in [2.05, 4.69) is 29.1 Å². The molecule has 0 bridgehead atoms. The predicted octanol–water partition coefficient (Wildman–Crippen LogP) is 2.38. The SMILES string of the molecule is CC(C)CC(O)c1cc(NC(C)C)ncn1. The van der Waals surface area contributed by atoms with Crippen LogP contribution < -0.4 is 5.32 Å². The highest BCUT2D eigenvalue weighted by Crippen LogP contribution is 2.20. The Kier molecular flexibility index (Phi) is 4.68. The zero-order chi connectivity index (χ0) is 12.1. The second kappa shape index (κ2) is 5.80. The molecule has 1 aromatic rings. The van der Waals surface area contributed by atoms with Gasteiger partial charge in [0, 0.05) is 12.1 Å². The molecule has 0 saturated heterocycles. The summed E-state index contributed by atoms with van der Waals surface area (Å²) in [6.07, 6.45) is 1.71. The van der Waals surface area contributed by atoms with Crippen molar-refractivity contribution in [3.63, 3.8) is 0 Å². The van der Waals surface area contributed by atoms with Gasteiger partial charge >= 0.3 is 0 Å². The summed E-state index contributed by atoms with van der Waals surface area (Å²) < 4.78 is 0. The van der Waals surface area contributed by atoms with Gasteiger partial charge in [-0.3, -0.25) is 0 Å². The van der Waals surface area contributed by atoms with Crippen molar-refractivity contribution in [2.75, 3.05) is 5.32 Å². The van der Waals surface area contributed by atoms with Crippen molar-refractivity contribution in [3.8, 4) is 0 Å². The molecular formula is C12H21N3O. The number of aliphatic hydroxyl groups is 1. The fourth-order valence-electron chi connectivity index (χ4n) is 1.50. The van der Waals surface area contributed by atoms with Crippen LogP contribution in [0.3, 0.4) is 0 Å². The zero-order valence-electron chi connectivity index (χ0n) is 10.4. The van der Waals surface area contributed by atoms with E-state index in [0.717, 1.165) is 12.2 Å². The van der Waals surface area contributed by atoms with Crippen LogP contribution >= 0.6 is 0 Å². The van der Waals surface area contributed by atoms with Crippen LogP contribution in [0.5, 0.6) is 0 Å². The van der Waals surface area contributed by atoms with Crippen molar-refractivity contribution < 1.29 is 5.11 Å². The lowest BCUT2D eigenvalue weighted by molar-refractivity contribution is 0.146. The number of hydrogen-bond acceptors (Lipinski definition) is 4. The third kappa shape index (κ3) is 4.14. The molecular weight excluding hydrogens is 202 g/mol. The fraction of sp³-hybridized carbons (Fsp3) is 0.667. The molecule has 0 aromatic carbocycles. The molecule has 1 atom stereocenters. The van der Waals surface area contributed by atoms with Crippen molar-refractivity contribution in [3.05, 3.63) is 18.1 Å². The minimum Gasteiger partial charge on any atom is -0.387 e. The van der Waals surface area contributed by atoms with E-state index < -0.39 is 6.10 Å². The minimum atomic E-state index is -0.504. The molecule has 4 heteroatoms. The number of nitrogens with one attached hydrogen (secondary N) is 1. The second-order valence-corrected chi connectivity index (χ2v) is 4.77. The van der Waals surface area contributed by atoms with Crippen molar-refractivity contribution in [1.29, 1.82) is 0 Å². The summed E-state index contributed by atoms with van der Waals surface area (Å²) in [7, 11) is 0. The standard InChI is InChI=1S/C12H21N3O/c1-8(2)5-11(16)10-6-12(14-7-13-10)15-9(3)4/h6-9,11,16H,5H2,1-4H3,(H,13,14,15). The highest BCUT2D eigenvalue weighted by molar-refractivity contribution is 5.36. The number of nitrogens with zero attached hydrogens (tertiary/aromatic N) is 2. The van der Waals surface area contributed by atoms with Crippen LogP contribution in [0.4, 0.5) is 5.82 Å². The molecule has 0 spiro atoms. The van der Waals surface area contributed by atoms with Crippen LogP contribution in [-0.2, 0) is 0 Å². The topological polar surface area (TPSA) is 58.0 Å². The first kappa shape index (κ1) is 12.9. The number of anilines is 1. The first-order valence-corrected chi connectivity index (χ1v) is 5.75. The molecule has 1 unspecified atom stereocenters. The monoisotopic (exact) mass is 223 g/mol. The maximum absolute atomic E-state index is 9.93. The van der Waals surface area contributed by atoms with E-state index in [1.807, 2.05) is 19.9 Å². The molecule has 1 heterocycles. The van der Waals surface area contributed by atoms with Gasteiger partial charge in [0.05, 0.1) is 11.8 Å². The summed E-state index contributed by atoms with van der Waals surface area (Å²) >= 11 is 0. The van der Waals surface area contributed by atoms with E-state index in [1.165, 1.54) is 6.33 Å². The van der Waals surface area contributed by atoms with E-state index in [-0.39, 0.29) is 0 Å². The Morgan fingerprint density at radius 1 is 1.25 bits per heavy atom. The molecule has 0 saturated carbocycles. The number of rotatable bonds is 5. The summed E-state index contributed by atoms with van der Waals surface area (Å²) in [6.45, 7) is 8.26. The maximum atomic E-state index is 9.93. The quantitative estimate of drug-likeness (QED) is 0.804. The smallest absolute Gasteiger partial charge is 0.129 e. The minimum absolute atomic E-state index is 0.324. The van der Waals surface area contributed by atoms with Crippen LogP contribution in [0.1, 0.15) is 45.9 Å². The Morgan fingerprint density at radius 3 is 2.50 bits per heavy atom. The average Bonchev–Trinajstić information content (AvgIpc) is 2.16. The lowest BCUT2D eigenvalue weighted by Gasteiger charge is -2.14. The van der Waals surface area contributed by atoms with Crippen LogP contribution in [0.15, 0.2) is 12.4 Å². The largest absolute Gasteiger partial charge is 0.387 e. The van der Waals surface area contributed by atoms with E-state index in [0.29, 0.717) is 17.7 Å². The summed E-state index contributed by atoms with van der Waals surface area (Å²) in [6, 6.07) is 2.14. The molecule has 4 nitrogen and oxygen atoms in total. The third-order valence-corrected chi connectivity index (χ3v) is 2.16. The molecule has 0 radical (unpaired) electrons. The van der Waals surface area contributed by atoms with Gasteiger partial charge in [0.1, 0.15) is 12.1 Å². The van der Waals surface area contributed by atoms with E-state index >= 15 is 0 Å². The lowest BCUT2D eigenvalue weighted by Crippen LogP contribution is -2.12. The highest BCUT2D eigenvalue weighted by atomic mass is 16.3. The molecule has 1 aromatic heterocycles. The van der Waals surface area contributed by atoms with Gasteiger partial charge in [-0.05, 0) is 26.2 Å². The zero-order valence-corrected chi connectivity index (χ0v) is 10.4. The molecule has 0 fully saturated rings. The molecule has 90 valence electrons. The van der Waals surface area contributed by atoms with E-state index in [9.17, 15) is 5.11 Å². The number of aromatic nitrogens is 2. The van der Waals surface area contributed by atoms with Gasteiger partial charge in [-0.15, -0.1) is 0 Å². The van der Waals surface area contributed by atoms with E-state index in [4.69, 9.17) is 0 Å². The van der Waals surface area contributed by atoms with Crippen LogP contribution in [0.2, 0.25) is 0 Å². The lowest BCUT2D eigenvalue weighted by atomic mass is 10.0. The molecule has 1 rings (SSSR count). The molecule has 2 N–H and O–H groups in total. The van der Waals surface area contributed by atoms with Crippen LogP contribution in [-0.4, -0.2) is 21.1 Å². The average molecular weight is 223 g/mol. The highest BCUT2D eigenvalue weighted by Gasteiger charge is 2.12. The van der Waals surface area contributed by atoms with Gasteiger partial charge in [-0.25, -0.2) is 9.97 Å². The molecule has 0 aliphatic heterocycles. The first-order chi connectivity index (χ1) is 7.49. The van der Waals surface area contributed by atoms with Gasteiger partial charge < -0.3 is 10.4 Å². The molecule has 0 amide bonds. The number of aliphatic hydroxyl groups excluding tert-OH is 1. The van der Waals surface area contributed by atoms with Gasteiger partial charge in [0.15, 0.2) is 0 Å². The third-order valence-electron chi connectivity index (χ3n) is 2.16. The molecule has 16 heavy (non-hydrogen) atoms. The van der Waals surface area contributed by atoms with Crippen molar-refractivity contribution >= 4 is 5.82 Å². The molecule has 0 aliphatic rings. The predicted molar refractivity (Wildman–Crippen MR) is 65.2 cm³/mol. The summed E-state index contributed by atoms with van der Waals surface area (Å²) in [5, 5.41) is 13.1. The van der Waals surface area contributed by atoms with Crippen molar-refractivity contribution in [1.82, 2.24) is 9.97 Å². The second-order valence-electron chi connectivity index (χ2n) is 4.77. The summed E-state index contributed by atoms with van der Waals surface area (Å²) in [4.78, 5) is 8.21. The summed E-state index contributed by atoms with van der Waals surface area (Å²) in [5.41, 5.74) is 0.687. The normalized spacial score (nSPS) is 13.2. The van der Waals surface area contributed by atoms with Crippen LogP contribution in [0.25, 0.3) is 0 Å². The van der Waals surface area contributed by atoms with Crippen molar-refractivity contribution in [2.45, 2.75) is 46.3 Å². The van der Waals surface area contributed by atoms with Crippen molar-refractivity contribution in [2.24, 2.45) is 5.92 Å². The Morgan fingerprint density at radius 2 is 1.94 bits per heavy atom. The maximum Gasteiger partial charge on any atom is 0.129 e. The Hall–Kier alpha value is -1.16. The summed E-state index contributed by atoms with van der Waals surface area (Å²) in [5.74, 6) is 1.22. The Bertz CT molecular complexity index is 326. The van der Waals surface area contributed by atoms with Gasteiger partial charge in [-0.1, -0.05) is 13.8 Å². The van der Waals surface area contributed by atoms with Gasteiger partial charge in [0.2, 0.25) is 0 Å². The Labute approximate surface area is 97.1 Å². The van der Waals surface area contributed by atoms with Gasteiger partial charge in [0.25, 0.3) is 0 Å². The Balaban J connectivity index is 2.73. The first-order valence-electron chi connectivity index (χ1n) is 5.75. The van der Waals surface area contributed by atoms with Gasteiger partial charge in [-0.2, -0.15) is 0 Å². The van der Waals surface area contributed by atoms with Crippen LogP contribution in [0, 0.1) is 5.92 Å². The number of hydrogen-bond donors (Lipinski definition) is 2.